The van der Waals surface area contributed by atoms with Gasteiger partial charge in [0.1, 0.15) is 0 Å². The zero-order valence-corrected chi connectivity index (χ0v) is 19.9. The SMILES string of the molecule is COC(=O)C1=C(C)N=C2SC=C(CC(=O)NCCCN3CCOCC3)N2[C@@H]1c1ccccc1. The molecular formula is C24H30N4O4S. The van der Waals surface area contributed by atoms with E-state index in [1.807, 2.05) is 47.6 Å². The van der Waals surface area contributed by atoms with Gasteiger partial charge in [0.25, 0.3) is 0 Å². The number of aliphatic imine (C=N–C) groups is 1. The summed E-state index contributed by atoms with van der Waals surface area (Å²) < 4.78 is 10.5. The van der Waals surface area contributed by atoms with E-state index in [9.17, 15) is 9.59 Å². The number of hydrogen-bond acceptors (Lipinski definition) is 8. The Morgan fingerprint density at radius 2 is 2.00 bits per heavy atom. The Morgan fingerprint density at radius 1 is 1.24 bits per heavy atom. The third kappa shape index (κ3) is 5.48. The molecule has 1 aromatic carbocycles. The monoisotopic (exact) mass is 470 g/mol. The highest BCUT2D eigenvalue weighted by molar-refractivity contribution is 8.16. The van der Waals surface area contributed by atoms with Crippen LogP contribution in [-0.2, 0) is 19.1 Å². The Hall–Kier alpha value is -2.62. The number of morpholine rings is 1. The van der Waals surface area contributed by atoms with Gasteiger partial charge in [-0.05, 0) is 30.9 Å². The smallest absolute Gasteiger partial charge is 0.338 e. The van der Waals surface area contributed by atoms with Crippen LogP contribution in [0.4, 0.5) is 0 Å². The number of ether oxygens (including phenoxy) is 2. The molecule has 3 heterocycles. The van der Waals surface area contributed by atoms with Crippen molar-refractivity contribution in [1.82, 2.24) is 15.1 Å². The number of carbonyl (C=O) groups excluding carboxylic acids is 2. The molecule has 0 aliphatic carbocycles. The minimum Gasteiger partial charge on any atom is -0.466 e. The van der Waals surface area contributed by atoms with Crippen LogP contribution in [0.5, 0.6) is 0 Å². The number of rotatable bonds is 8. The summed E-state index contributed by atoms with van der Waals surface area (Å²) in [5.41, 5.74) is 2.90. The molecule has 4 rings (SSSR count). The topological polar surface area (TPSA) is 83.5 Å². The van der Waals surface area contributed by atoms with Crippen molar-refractivity contribution in [3.05, 3.63) is 58.3 Å². The van der Waals surface area contributed by atoms with Gasteiger partial charge in [0.05, 0.1) is 44.1 Å². The van der Waals surface area contributed by atoms with Gasteiger partial charge in [0.2, 0.25) is 5.91 Å². The number of esters is 1. The summed E-state index contributed by atoms with van der Waals surface area (Å²) in [6.07, 6.45) is 1.12. The molecule has 1 N–H and O–H groups in total. The quantitative estimate of drug-likeness (QED) is 0.462. The Labute approximate surface area is 198 Å². The first-order valence-electron chi connectivity index (χ1n) is 11.2. The van der Waals surface area contributed by atoms with E-state index in [-0.39, 0.29) is 18.4 Å². The van der Waals surface area contributed by atoms with E-state index in [0.717, 1.165) is 55.7 Å². The summed E-state index contributed by atoms with van der Waals surface area (Å²) in [4.78, 5) is 34.4. The molecular weight excluding hydrogens is 440 g/mol. The third-order valence-electron chi connectivity index (χ3n) is 5.94. The number of hydrogen-bond donors (Lipinski definition) is 1. The molecule has 3 aliphatic heterocycles. The molecule has 0 unspecified atom stereocenters. The lowest BCUT2D eigenvalue weighted by atomic mass is 9.94. The Balaban J connectivity index is 1.43. The lowest BCUT2D eigenvalue weighted by Crippen LogP contribution is -2.39. The Morgan fingerprint density at radius 3 is 2.73 bits per heavy atom. The van der Waals surface area contributed by atoms with Crippen LogP contribution in [-0.4, -0.2) is 73.3 Å². The van der Waals surface area contributed by atoms with Gasteiger partial charge in [-0.15, -0.1) is 0 Å². The highest BCUT2D eigenvalue weighted by Crippen LogP contribution is 2.44. The number of nitrogens with one attached hydrogen (secondary N) is 1. The van der Waals surface area contributed by atoms with E-state index in [1.165, 1.54) is 18.9 Å². The molecule has 33 heavy (non-hydrogen) atoms. The summed E-state index contributed by atoms with van der Waals surface area (Å²) in [7, 11) is 1.38. The number of amides is 1. The van der Waals surface area contributed by atoms with Crippen molar-refractivity contribution in [3.8, 4) is 0 Å². The van der Waals surface area contributed by atoms with E-state index in [2.05, 4.69) is 15.2 Å². The lowest BCUT2D eigenvalue weighted by Gasteiger charge is -2.36. The van der Waals surface area contributed by atoms with Crippen molar-refractivity contribution < 1.29 is 19.1 Å². The highest BCUT2D eigenvalue weighted by Gasteiger charge is 2.40. The van der Waals surface area contributed by atoms with Crippen molar-refractivity contribution in [2.24, 2.45) is 4.99 Å². The maximum Gasteiger partial charge on any atom is 0.338 e. The van der Waals surface area contributed by atoms with Gasteiger partial charge >= 0.3 is 5.97 Å². The molecule has 0 spiro atoms. The molecule has 1 atom stereocenters. The second kappa shape index (κ2) is 11.0. The average Bonchev–Trinajstić information content (AvgIpc) is 3.23. The van der Waals surface area contributed by atoms with E-state index >= 15 is 0 Å². The standard InChI is InChI=1S/C24H30N4O4S/c1-17-21(23(30)31-2)22(18-7-4-3-5-8-18)28-19(16-33-24(28)26-17)15-20(29)25-9-6-10-27-11-13-32-14-12-27/h3-5,7-8,16,22H,6,9-15H2,1-2H3,(H,25,29)/t22-/m1/s1. The first-order valence-corrected chi connectivity index (χ1v) is 12.1. The highest BCUT2D eigenvalue weighted by atomic mass is 32.2. The van der Waals surface area contributed by atoms with Gasteiger partial charge in [-0.2, -0.15) is 0 Å². The van der Waals surface area contributed by atoms with E-state index in [4.69, 9.17) is 9.47 Å². The minimum absolute atomic E-state index is 0.0391. The predicted molar refractivity (Wildman–Crippen MR) is 128 cm³/mol. The zero-order valence-electron chi connectivity index (χ0n) is 19.1. The fraction of sp³-hybridized carbons (Fsp3) is 0.458. The van der Waals surface area contributed by atoms with Crippen LogP contribution in [0.25, 0.3) is 0 Å². The van der Waals surface area contributed by atoms with Crippen molar-refractivity contribution in [2.75, 3.05) is 46.5 Å². The van der Waals surface area contributed by atoms with Crippen LogP contribution in [0.15, 0.2) is 57.7 Å². The lowest BCUT2D eigenvalue weighted by molar-refractivity contribution is -0.136. The van der Waals surface area contributed by atoms with Gasteiger partial charge in [-0.3, -0.25) is 9.69 Å². The first kappa shape index (κ1) is 23.5. The van der Waals surface area contributed by atoms with Gasteiger partial charge in [-0.1, -0.05) is 42.1 Å². The summed E-state index contributed by atoms with van der Waals surface area (Å²) in [6.45, 7) is 6.87. The minimum atomic E-state index is -0.409. The molecule has 1 aromatic rings. The predicted octanol–water partition coefficient (Wildman–Crippen LogP) is 2.66. The van der Waals surface area contributed by atoms with Gasteiger partial charge in [0, 0.05) is 25.3 Å². The molecule has 8 nitrogen and oxygen atoms in total. The summed E-state index contributed by atoms with van der Waals surface area (Å²) >= 11 is 1.48. The van der Waals surface area contributed by atoms with Crippen molar-refractivity contribution >= 4 is 28.8 Å². The summed E-state index contributed by atoms with van der Waals surface area (Å²) in [5.74, 6) is -0.448. The number of amidine groups is 1. The number of methoxy groups -OCH3 is 1. The molecule has 176 valence electrons. The van der Waals surface area contributed by atoms with Crippen LogP contribution in [0.2, 0.25) is 0 Å². The van der Waals surface area contributed by atoms with Crippen molar-refractivity contribution in [3.63, 3.8) is 0 Å². The molecule has 3 aliphatic rings. The van der Waals surface area contributed by atoms with Crippen LogP contribution < -0.4 is 5.32 Å². The maximum absolute atomic E-state index is 12.7. The Bertz CT molecular complexity index is 970. The number of allylic oxidation sites excluding steroid dienone is 1. The first-order chi connectivity index (χ1) is 16.1. The normalized spacial score (nSPS) is 20.8. The van der Waals surface area contributed by atoms with Crippen LogP contribution in [0.1, 0.15) is 31.4 Å². The number of fused-ring (bicyclic) bond motifs is 1. The number of nitrogens with zero attached hydrogens (tertiary/aromatic N) is 3. The zero-order chi connectivity index (χ0) is 23.2. The van der Waals surface area contributed by atoms with Crippen molar-refractivity contribution in [1.29, 1.82) is 0 Å². The average molecular weight is 471 g/mol. The van der Waals surface area contributed by atoms with Crippen LogP contribution >= 0.6 is 11.8 Å². The number of thioether (sulfide) groups is 1. The second-order valence-corrected chi connectivity index (χ2v) is 8.97. The molecule has 0 bridgehead atoms. The van der Waals surface area contributed by atoms with Gasteiger partial charge in [-0.25, -0.2) is 9.79 Å². The van der Waals surface area contributed by atoms with E-state index in [1.54, 1.807) is 0 Å². The maximum atomic E-state index is 12.7. The van der Waals surface area contributed by atoms with Crippen LogP contribution in [0, 0.1) is 0 Å². The fourth-order valence-electron chi connectivity index (χ4n) is 4.27. The molecule has 1 amide bonds. The van der Waals surface area contributed by atoms with E-state index in [0.29, 0.717) is 17.8 Å². The number of benzene rings is 1. The van der Waals surface area contributed by atoms with Gasteiger partial charge < -0.3 is 19.7 Å². The van der Waals surface area contributed by atoms with Gasteiger partial charge in [0.15, 0.2) is 5.17 Å². The summed E-state index contributed by atoms with van der Waals surface area (Å²) in [5, 5.41) is 5.76. The largest absolute Gasteiger partial charge is 0.466 e. The summed E-state index contributed by atoms with van der Waals surface area (Å²) in [6, 6.07) is 9.40. The number of carbonyl (C=O) groups is 2. The molecule has 0 saturated carbocycles. The van der Waals surface area contributed by atoms with E-state index < -0.39 is 5.97 Å². The van der Waals surface area contributed by atoms with Crippen molar-refractivity contribution in [2.45, 2.75) is 25.8 Å². The third-order valence-corrected chi connectivity index (χ3v) is 6.83. The van der Waals surface area contributed by atoms with Crippen LogP contribution in [0.3, 0.4) is 0 Å². The molecule has 0 radical (unpaired) electrons. The molecule has 0 aromatic heterocycles. The second-order valence-electron chi connectivity index (χ2n) is 8.13. The fourth-order valence-corrected chi connectivity index (χ4v) is 5.24. The molecule has 1 saturated heterocycles. The molecule has 1 fully saturated rings. The Kier molecular flexibility index (Phi) is 7.85. The molecule has 9 heteroatoms.